The summed E-state index contributed by atoms with van der Waals surface area (Å²) in [6.07, 6.45) is 4.52. The van der Waals surface area contributed by atoms with Crippen molar-refractivity contribution >= 4 is 50.6 Å². The van der Waals surface area contributed by atoms with E-state index in [1.807, 2.05) is 28.5 Å². The van der Waals surface area contributed by atoms with Gasteiger partial charge in [0.05, 0.1) is 29.4 Å². The van der Waals surface area contributed by atoms with Gasteiger partial charge in [0.1, 0.15) is 5.82 Å². The number of aromatic nitrogens is 2. The third-order valence-electron chi connectivity index (χ3n) is 6.01. The number of hydrogen-bond donors (Lipinski definition) is 2. The molecule has 3 aromatic rings. The molecule has 11 nitrogen and oxygen atoms in total. The van der Waals surface area contributed by atoms with Crippen LogP contribution in [0.25, 0.3) is 5.82 Å². The van der Waals surface area contributed by atoms with E-state index in [1.165, 1.54) is 18.2 Å². The Morgan fingerprint density at radius 3 is 2.32 bits per heavy atom. The van der Waals surface area contributed by atoms with Crippen LogP contribution in [0.2, 0.25) is 5.02 Å². The summed E-state index contributed by atoms with van der Waals surface area (Å²) in [7, 11) is 0.00860. The number of piperazine rings is 1. The summed E-state index contributed by atoms with van der Waals surface area (Å²) in [6, 6.07) is 10.1. The van der Waals surface area contributed by atoms with Crippen molar-refractivity contribution in [3.63, 3.8) is 0 Å². The third kappa shape index (κ3) is 6.56. The lowest BCUT2D eigenvalue weighted by molar-refractivity contribution is 0.102. The maximum absolute atomic E-state index is 12.9. The van der Waals surface area contributed by atoms with Gasteiger partial charge in [-0.1, -0.05) is 11.6 Å². The molecular weight excluding hydrogens is 530 g/mol. The zero-order valence-electron chi connectivity index (χ0n) is 21.6. The molecule has 1 aliphatic rings. The van der Waals surface area contributed by atoms with Gasteiger partial charge < -0.3 is 24.6 Å². The zero-order valence-corrected chi connectivity index (χ0v) is 23.2. The van der Waals surface area contributed by atoms with Gasteiger partial charge in [-0.05, 0) is 43.3 Å². The first-order chi connectivity index (χ1) is 17.9. The average molecular weight is 560 g/mol. The number of nitrogens with zero attached hydrogens (tertiary/aromatic N) is 5. The van der Waals surface area contributed by atoms with Crippen molar-refractivity contribution in [3.8, 4) is 5.82 Å². The Kier molecular flexibility index (Phi) is 7.83. The quantitative estimate of drug-likeness (QED) is 0.478. The molecule has 4 rings (SSSR count). The zero-order chi connectivity index (χ0) is 27.6. The van der Waals surface area contributed by atoms with Gasteiger partial charge in [-0.15, -0.1) is 0 Å². The number of anilines is 3. The van der Waals surface area contributed by atoms with E-state index in [9.17, 15) is 18.0 Å². The summed E-state index contributed by atoms with van der Waals surface area (Å²) in [6.45, 7) is 4.61. The molecule has 0 saturated carbocycles. The van der Waals surface area contributed by atoms with Crippen LogP contribution < -0.4 is 14.9 Å². The average Bonchev–Trinajstić information content (AvgIpc) is 3.24. The van der Waals surface area contributed by atoms with E-state index in [0.29, 0.717) is 30.2 Å². The molecule has 0 unspecified atom stereocenters. The fourth-order valence-electron chi connectivity index (χ4n) is 4.23. The van der Waals surface area contributed by atoms with Crippen molar-refractivity contribution in [2.75, 3.05) is 61.5 Å². The molecule has 1 fully saturated rings. The highest BCUT2D eigenvalue weighted by molar-refractivity contribution is 7.92. The minimum atomic E-state index is -3.50. The van der Waals surface area contributed by atoms with E-state index < -0.39 is 10.0 Å². The number of halogens is 1. The van der Waals surface area contributed by atoms with Gasteiger partial charge >= 0.3 is 6.03 Å². The Morgan fingerprint density at radius 1 is 1.03 bits per heavy atom. The number of benzene rings is 1. The normalized spacial score (nSPS) is 13.8. The molecule has 3 heterocycles. The topological polar surface area (TPSA) is 120 Å². The van der Waals surface area contributed by atoms with Gasteiger partial charge in [0, 0.05) is 62.9 Å². The van der Waals surface area contributed by atoms with Crippen LogP contribution in [-0.4, -0.2) is 86.2 Å². The molecule has 13 heteroatoms. The summed E-state index contributed by atoms with van der Waals surface area (Å²) in [5, 5.41) is 3.03. The second-order valence-electron chi connectivity index (χ2n) is 9.32. The van der Waals surface area contributed by atoms with Crippen LogP contribution in [0.4, 0.5) is 21.9 Å². The maximum Gasteiger partial charge on any atom is 0.319 e. The maximum atomic E-state index is 12.9. The van der Waals surface area contributed by atoms with Crippen molar-refractivity contribution < 1.29 is 18.0 Å². The Bertz CT molecular complexity index is 1450. The number of rotatable bonds is 6. The second-order valence-corrected chi connectivity index (χ2v) is 11.5. The highest BCUT2D eigenvalue weighted by Crippen LogP contribution is 2.25. The molecule has 2 N–H and O–H groups in total. The Morgan fingerprint density at radius 2 is 1.71 bits per heavy atom. The number of urea groups is 1. The number of amides is 3. The van der Waals surface area contributed by atoms with Crippen LogP contribution in [0, 0.1) is 6.92 Å². The standard InChI is InChI=1S/C25H30ClN7O4S/c1-17-11-18(24(34)28-20-12-19(26)13-21(14-20)29-38(4,36)37)16-33(17)23-6-5-22(15-27-23)31-7-9-32(10-8-31)25(35)30(2)3/h5-6,11-16,29H,7-10H2,1-4H3,(H,28,34). The van der Waals surface area contributed by atoms with Crippen molar-refractivity contribution in [3.05, 3.63) is 65.1 Å². The minimum absolute atomic E-state index is 0.0161. The van der Waals surface area contributed by atoms with Crippen LogP contribution in [-0.2, 0) is 10.0 Å². The lowest BCUT2D eigenvalue weighted by Gasteiger charge is -2.37. The van der Waals surface area contributed by atoms with Crippen LogP contribution in [0.5, 0.6) is 0 Å². The van der Waals surface area contributed by atoms with Crippen molar-refractivity contribution in [1.82, 2.24) is 19.4 Å². The van der Waals surface area contributed by atoms with Crippen molar-refractivity contribution in [1.29, 1.82) is 0 Å². The molecule has 0 spiro atoms. The summed E-state index contributed by atoms with van der Waals surface area (Å²) in [5.74, 6) is 0.287. The molecule has 2 aromatic heterocycles. The van der Waals surface area contributed by atoms with Gasteiger partial charge in [-0.25, -0.2) is 18.2 Å². The smallest absolute Gasteiger partial charge is 0.319 e. The van der Waals surface area contributed by atoms with Gasteiger partial charge in [0.15, 0.2) is 0 Å². The largest absolute Gasteiger partial charge is 0.367 e. The van der Waals surface area contributed by atoms with E-state index in [1.54, 1.807) is 37.5 Å². The van der Waals surface area contributed by atoms with Crippen LogP contribution in [0.1, 0.15) is 16.1 Å². The third-order valence-corrected chi connectivity index (χ3v) is 6.84. The fourth-order valence-corrected chi connectivity index (χ4v) is 5.01. The number of hydrogen-bond acceptors (Lipinski definition) is 6. The summed E-state index contributed by atoms with van der Waals surface area (Å²) in [4.78, 5) is 35.3. The molecule has 0 radical (unpaired) electrons. The van der Waals surface area contributed by atoms with E-state index in [0.717, 1.165) is 30.7 Å². The van der Waals surface area contributed by atoms with E-state index >= 15 is 0 Å². The number of nitrogens with one attached hydrogen (secondary N) is 2. The molecular formula is C25H30ClN7O4S. The SMILES string of the molecule is Cc1cc(C(=O)Nc2cc(Cl)cc(NS(C)(=O)=O)c2)cn1-c1ccc(N2CCN(C(=O)N(C)C)CC2)cn1. The highest BCUT2D eigenvalue weighted by atomic mass is 35.5. The summed E-state index contributed by atoms with van der Waals surface area (Å²) < 4.78 is 27.3. The number of pyridine rings is 1. The Balaban J connectivity index is 1.44. The Labute approximate surface area is 227 Å². The van der Waals surface area contributed by atoms with Crippen LogP contribution >= 0.6 is 11.6 Å². The number of carbonyl (C=O) groups excluding carboxylic acids is 2. The number of carbonyl (C=O) groups is 2. The van der Waals surface area contributed by atoms with Gasteiger partial charge in [-0.2, -0.15) is 0 Å². The molecule has 0 atom stereocenters. The van der Waals surface area contributed by atoms with E-state index in [-0.39, 0.29) is 22.6 Å². The van der Waals surface area contributed by atoms with Gasteiger partial charge in [-0.3, -0.25) is 9.52 Å². The van der Waals surface area contributed by atoms with Gasteiger partial charge in [0.2, 0.25) is 10.0 Å². The fraction of sp³-hybridized carbons (Fsp3) is 0.320. The molecule has 1 aromatic carbocycles. The molecule has 1 saturated heterocycles. The van der Waals surface area contributed by atoms with E-state index in [4.69, 9.17) is 11.6 Å². The predicted molar refractivity (Wildman–Crippen MR) is 149 cm³/mol. The number of aryl methyl sites for hydroxylation is 1. The molecule has 0 aliphatic carbocycles. The highest BCUT2D eigenvalue weighted by Gasteiger charge is 2.22. The first-order valence-electron chi connectivity index (χ1n) is 11.9. The summed E-state index contributed by atoms with van der Waals surface area (Å²) >= 11 is 6.10. The predicted octanol–water partition coefficient (Wildman–Crippen LogP) is 3.26. The monoisotopic (exact) mass is 559 g/mol. The molecule has 202 valence electrons. The van der Waals surface area contributed by atoms with Crippen LogP contribution in [0.15, 0.2) is 48.8 Å². The molecule has 0 bridgehead atoms. The van der Waals surface area contributed by atoms with Crippen LogP contribution in [0.3, 0.4) is 0 Å². The molecule has 3 amide bonds. The minimum Gasteiger partial charge on any atom is -0.367 e. The van der Waals surface area contributed by atoms with Crippen molar-refractivity contribution in [2.24, 2.45) is 0 Å². The summed E-state index contributed by atoms with van der Waals surface area (Å²) in [5.41, 5.74) is 2.80. The lowest BCUT2D eigenvalue weighted by Crippen LogP contribution is -2.51. The lowest BCUT2D eigenvalue weighted by atomic mass is 10.2. The van der Waals surface area contributed by atoms with E-state index in [2.05, 4.69) is 19.9 Å². The Hall–Kier alpha value is -3.77. The second kappa shape index (κ2) is 10.9. The molecule has 1 aliphatic heterocycles. The van der Waals surface area contributed by atoms with Crippen molar-refractivity contribution in [2.45, 2.75) is 6.92 Å². The molecule has 38 heavy (non-hydrogen) atoms. The van der Waals surface area contributed by atoms with Gasteiger partial charge in [0.25, 0.3) is 5.91 Å². The first-order valence-corrected chi connectivity index (χ1v) is 14.1. The first kappa shape index (κ1) is 27.3. The number of sulfonamides is 1.